The summed E-state index contributed by atoms with van der Waals surface area (Å²) in [7, 11) is 0. The first-order chi connectivity index (χ1) is 7.12. The van der Waals surface area contributed by atoms with Crippen LogP contribution in [0.2, 0.25) is 0 Å². The maximum Gasteiger partial charge on any atom is 0.302 e. The van der Waals surface area contributed by atoms with Crippen LogP contribution in [-0.4, -0.2) is 23.1 Å². The molecule has 0 heterocycles. The van der Waals surface area contributed by atoms with E-state index in [2.05, 4.69) is 10.2 Å². The van der Waals surface area contributed by atoms with Crippen LogP contribution < -0.4 is 0 Å². The van der Waals surface area contributed by atoms with Crippen molar-refractivity contribution in [1.29, 1.82) is 0 Å². The van der Waals surface area contributed by atoms with Crippen LogP contribution in [0.3, 0.4) is 0 Å². The van der Waals surface area contributed by atoms with E-state index >= 15 is 0 Å². The quantitative estimate of drug-likeness (QED) is 0.246. The zero-order chi connectivity index (χ0) is 12.8. The molecule has 1 unspecified atom stereocenters. The van der Waals surface area contributed by atoms with E-state index in [0.717, 1.165) is 0 Å². The second-order valence-corrected chi connectivity index (χ2v) is 5.77. The van der Waals surface area contributed by atoms with Crippen LogP contribution in [0.15, 0.2) is 10.2 Å². The van der Waals surface area contributed by atoms with Crippen LogP contribution in [0.25, 0.3) is 0 Å². The van der Waals surface area contributed by atoms with Crippen molar-refractivity contribution < 1.29 is 9.53 Å². The molecule has 0 aliphatic heterocycles. The number of carbonyl (C=O) groups is 1. The number of carbonyl (C=O) groups excluding carboxylic acids is 1. The Balaban J connectivity index is 3.96. The summed E-state index contributed by atoms with van der Waals surface area (Å²) < 4.78 is 4.81. The molecule has 0 fully saturated rings. The fraction of sp³-hybridized carbons (Fsp3) is 0.909. The first kappa shape index (κ1) is 15.4. The van der Waals surface area contributed by atoms with E-state index in [9.17, 15) is 4.79 Å². The molecule has 5 heteroatoms. The lowest BCUT2D eigenvalue weighted by atomic mass is 10.1. The van der Waals surface area contributed by atoms with Crippen LogP contribution in [0.1, 0.15) is 47.5 Å². The van der Waals surface area contributed by atoms with E-state index in [1.807, 2.05) is 20.8 Å². The predicted octanol–water partition coefficient (Wildman–Crippen LogP) is 3.54. The van der Waals surface area contributed by atoms with E-state index in [1.165, 1.54) is 6.92 Å². The third kappa shape index (κ3) is 9.90. The normalized spacial score (nSPS) is 16.1. The molecule has 0 bridgehead atoms. The average Bonchev–Trinajstić information content (AvgIpc) is 2.08. The first-order valence-corrected chi connectivity index (χ1v) is 5.76. The van der Waals surface area contributed by atoms with Crippen LogP contribution in [-0.2, 0) is 9.53 Å². The first-order valence-electron chi connectivity index (χ1n) is 5.39. The number of halogens is 1. The Morgan fingerprint density at radius 3 is 2.25 bits per heavy atom. The summed E-state index contributed by atoms with van der Waals surface area (Å²) in [6, 6.07) is 0. The zero-order valence-corrected chi connectivity index (χ0v) is 11.5. The largest absolute Gasteiger partial charge is 0.466 e. The van der Waals surface area contributed by atoms with Crippen molar-refractivity contribution in [2.45, 2.75) is 58.0 Å². The molecule has 0 saturated heterocycles. The molecule has 0 amide bonds. The van der Waals surface area contributed by atoms with Crippen LogP contribution in [0, 0.1) is 0 Å². The number of alkyl halides is 1. The topological polar surface area (TPSA) is 51.0 Å². The lowest BCUT2D eigenvalue weighted by Crippen LogP contribution is -2.17. The van der Waals surface area contributed by atoms with Crippen molar-refractivity contribution >= 4 is 17.6 Å². The van der Waals surface area contributed by atoms with Gasteiger partial charge in [0.2, 0.25) is 0 Å². The van der Waals surface area contributed by atoms with E-state index < -0.39 is 5.00 Å². The highest BCUT2D eigenvalue weighted by atomic mass is 35.5. The minimum absolute atomic E-state index is 0.216. The summed E-state index contributed by atoms with van der Waals surface area (Å²) in [5.41, 5.74) is -0.216. The van der Waals surface area contributed by atoms with Crippen LogP contribution >= 0.6 is 11.6 Å². The Kier molecular flexibility index (Phi) is 5.94. The second kappa shape index (κ2) is 6.18. The lowest BCUT2D eigenvalue weighted by Gasteiger charge is -2.18. The van der Waals surface area contributed by atoms with Gasteiger partial charge in [0.05, 0.1) is 12.1 Å². The number of ether oxygens (including phenoxy) is 1. The zero-order valence-electron chi connectivity index (χ0n) is 10.7. The van der Waals surface area contributed by atoms with Crippen molar-refractivity contribution in [3.05, 3.63) is 0 Å². The number of rotatable bonds is 5. The van der Waals surface area contributed by atoms with E-state index in [4.69, 9.17) is 16.3 Å². The van der Waals surface area contributed by atoms with Gasteiger partial charge in [0.15, 0.2) is 5.00 Å². The van der Waals surface area contributed by atoms with Gasteiger partial charge in [-0.25, -0.2) is 0 Å². The molecule has 0 spiro atoms. The maximum absolute atomic E-state index is 10.5. The molecule has 0 rings (SSSR count). The standard InChI is InChI=1S/C11H21ClN2O2/c1-9(15)16-8-6-7-11(5,12)14-13-10(2,3)4/h6-8H2,1-5H3. The molecule has 0 radical (unpaired) electrons. The van der Waals surface area contributed by atoms with Crippen molar-refractivity contribution in [2.75, 3.05) is 6.61 Å². The van der Waals surface area contributed by atoms with Gasteiger partial charge in [-0.3, -0.25) is 4.79 Å². The Hall–Kier alpha value is -0.640. The van der Waals surface area contributed by atoms with Crippen molar-refractivity contribution in [2.24, 2.45) is 10.2 Å². The van der Waals surface area contributed by atoms with Gasteiger partial charge in [-0.05, 0) is 40.5 Å². The molecule has 0 aromatic heterocycles. The van der Waals surface area contributed by atoms with Gasteiger partial charge in [-0.15, -0.1) is 0 Å². The average molecular weight is 249 g/mol. The highest BCUT2D eigenvalue weighted by molar-refractivity contribution is 6.23. The minimum Gasteiger partial charge on any atom is -0.466 e. The summed E-state index contributed by atoms with van der Waals surface area (Å²) in [5, 5.41) is 8.22. The Morgan fingerprint density at radius 1 is 1.25 bits per heavy atom. The predicted molar refractivity (Wildman–Crippen MR) is 64.7 cm³/mol. The molecule has 16 heavy (non-hydrogen) atoms. The molecule has 94 valence electrons. The van der Waals surface area contributed by atoms with Crippen LogP contribution in [0.5, 0.6) is 0 Å². The fourth-order valence-corrected chi connectivity index (χ4v) is 1.09. The smallest absolute Gasteiger partial charge is 0.302 e. The van der Waals surface area contributed by atoms with Gasteiger partial charge < -0.3 is 4.74 Å². The number of hydrogen-bond donors (Lipinski definition) is 0. The number of nitrogens with zero attached hydrogens (tertiary/aromatic N) is 2. The van der Waals surface area contributed by atoms with Crippen molar-refractivity contribution in [3.8, 4) is 0 Å². The molecule has 0 aromatic rings. The molecule has 1 atom stereocenters. The molecule has 0 aromatic carbocycles. The second-order valence-electron chi connectivity index (χ2n) is 4.96. The molecule has 0 aliphatic carbocycles. The Bertz CT molecular complexity index is 257. The minimum atomic E-state index is -0.715. The Morgan fingerprint density at radius 2 is 1.81 bits per heavy atom. The highest BCUT2D eigenvalue weighted by Crippen LogP contribution is 2.25. The monoisotopic (exact) mass is 248 g/mol. The van der Waals surface area contributed by atoms with Gasteiger partial charge in [0.25, 0.3) is 0 Å². The highest BCUT2D eigenvalue weighted by Gasteiger charge is 2.20. The molecular formula is C11H21ClN2O2. The summed E-state index contributed by atoms with van der Waals surface area (Å²) in [6.45, 7) is 9.45. The van der Waals surface area contributed by atoms with Gasteiger partial charge in [-0.1, -0.05) is 11.6 Å². The summed E-state index contributed by atoms with van der Waals surface area (Å²) in [6.07, 6.45) is 1.31. The number of esters is 1. The van der Waals surface area contributed by atoms with Crippen molar-refractivity contribution in [1.82, 2.24) is 0 Å². The van der Waals surface area contributed by atoms with Gasteiger partial charge in [0.1, 0.15) is 0 Å². The summed E-state index contributed by atoms with van der Waals surface area (Å²) in [4.78, 5) is 9.81. The number of azo groups is 1. The van der Waals surface area contributed by atoms with E-state index in [-0.39, 0.29) is 11.5 Å². The van der Waals surface area contributed by atoms with Gasteiger partial charge in [-0.2, -0.15) is 10.2 Å². The summed E-state index contributed by atoms with van der Waals surface area (Å²) >= 11 is 6.16. The van der Waals surface area contributed by atoms with Gasteiger partial charge >= 0.3 is 5.97 Å². The molecular weight excluding hydrogens is 228 g/mol. The van der Waals surface area contributed by atoms with Crippen LogP contribution in [0.4, 0.5) is 0 Å². The van der Waals surface area contributed by atoms with Gasteiger partial charge in [0, 0.05) is 6.92 Å². The maximum atomic E-state index is 10.5. The molecule has 0 aliphatic rings. The molecule has 0 saturated carbocycles. The lowest BCUT2D eigenvalue weighted by molar-refractivity contribution is -0.141. The van der Waals surface area contributed by atoms with Crippen molar-refractivity contribution in [3.63, 3.8) is 0 Å². The molecule has 4 nitrogen and oxygen atoms in total. The van der Waals surface area contributed by atoms with E-state index in [1.54, 1.807) is 6.92 Å². The SMILES string of the molecule is CC(=O)OCCCC(C)(Cl)N=NC(C)(C)C. The fourth-order valence-electron chi connectivity index (χ4n) is 0.915. The Labute approximate surface area is 102 Å². The van der Waals surface area contributed by atoms with E-state index in [0.29, 0.717) is 19.4 Å². The number of hydrogen-bond acceptors (Lipinski definition) is 4. The third-order valence-corrected chi connectivity index (χ3v) is 1.91. The molecule has 0 N–H and O–H groups in total. The summed E-state index contributed by atoms with van der Waals surface area (Å²) in [5.74, 6) is -0.271. The third-order valence-electron chi connectivity index (χ3n) is 1.64.